The van der Waals surface area contributed by atoms with E-state index in [0.29, 0.717) is 24.4 Å². The normalized spacial score (nSPS) is 11.1. The number of hydrogen-bond donors (Lipinski definition) is 2. The molecule has 0 aliphatic heterocycles. The van der Waals surface area contributed by atoms with Gasteiger partial charge in [0.25, 0.3) is 5.91 Å². The molecule has 2 N–H and O–H groups in total. The summed E-state index contributed by atoms with van der Waals surface area (Å²) in [5.74, 6) is 0.391. The van der Waals surface area contributed by atoms with Crippen LogP contribution < -0.4 is 10.1 Å². The number of H-pyrrole nitrogens is 1. The molecule has 0 saturated carbocycles. The lowest BCUT2D eigenvalue weighted by Crippen LogP contribution is -2.31. The first-order valence-corrected chi connectivity index (χ1v) is 9.00. The lowest BCUT2D eigenvalue weighted by atomic mass is 9.92. The van der Waals surface area contributed by atoms with Crippen LogP contribution in [0.2, 0.25) is 0 Å². The minimum atomic E-state index is -0.134. The van der Waals surface area contributed by atoms with E-state index in [0.717, 1.165) is 11.4 Å². The summed E-state index contributed by atoms with van der Waals surface area (Å²) in [4.78, 5) is 25.2. The largest absolute Gasteiger partial charge is 0.484 e. The number of aromatic amines is 1. The maximum absolute atomic E-state index is 12.3. The average molecular weight is 372 g/mol. The number of anilines is 1. The van der Waals surface area contributed by atoms with Crippen molar-refractivity contribution in [3.63, 3.8) is 0 Å². The molecule has 1 aromatic heterocycles. The molecule has 0 spiro atoms. The molecule has 2 amide bonds. The van der Waals surface area contributed by atoms with Crippen LogP contribution >= 0.6 is 0 Å². The van der Waals surface area contributed by atoms with Crippen LogP contribution in [0.5, 0.6) is 5.75 Å². The van der Waals surface area contributed by atoms with Gasteiger partial charge in [0.15, 0.2) is 6.61 Å². The first kappa shape index (κ1) is 20.5. The highest BCUT2D eigenvalue weighted by molar-refractivity contribution is 5.90. The number of nitrogens with zero attached hydrogens (tertiary/aromatic N) is 2. The third-order valence-corrected chi connectivity index (χ3v) is 4.05. The Bertz CT molecular complexity index is 775. The van der Waals surface area contributed by atoms with Gasteiger partial charge < -0.3 is 15.0 Å². The fraction of sp³-hybridized carbons (Fsp3) is 0.450. The number of carbonyl (C=O) groups excluding carboxylic acids is 2. The molecule has 1 aromatic carbocycles. The van der Waals surface area contributed by atoms with E-state index in [4.69, 9.17) is 4.74 Å². The van der Waals surface area contributed by atoms with Crippen molar-refractivity contribution in [1.29, 1.82) is 0 Å². The number of hydrogen-bond acceptors (Lipinski definition) is 4. The topological polar surface area (TPSA) is 87.3 Å². The highest BCUT2D eigenvalue weighted by atomic mass is 16.5. The van der Waals surface area contributed by atoms with Gasteiger partial charge in [0.1, 0.15) is 5.75 Å². The molecule has 7 nitrogen and oxygen atoms in total. The van der Waals surface area contributed by atoms with Gasteiger partial charge in [0.2, 0.25) is 5.91 Å². The number of nitrogens with one attached hydrogen (secondary N) is 2. The molecule has 0 aliphatic carbocycles. The second-order valence-corrected chi connectivity index (χ2v) is 7.49. The fourth-order valence-electron chi connectivity index (χ4n) is 2.31. The molecule has 2 rings (SSSR count). The lowest BCUT2D eigenvalue weighted by molar-refractivity contribution is -0.132. The molecule has 146 valence electrons. The zero-order chi connectivity index (χ0) is 20.0. The zero-order valence-corrected chi connectivity index (χ0v) is 16.6. The van der Waals surface area contributed by atoms with Crippen molar-refractivity contribution >= 4 is 17.5 Å². The van der Waals surface area contributed by atoms with Gasteiger partial charge in [-0.2, -0.15) is 5.10 Å². The van der Waals surface area contributed by atoms with Crippen molar-refractivity contribution in [3.8, 4) is 5.75 Å². The lowest BCUT2D eigenvalue weighted by Gasteiger charge is -2.17. The number of rotatable bonds is 7. The summed E-state index contributed by atoms with van der Waals surface area (Å²) in [5.41, 5.74) is 2.51. The van der Waals surface area contributed by atoms with Crippen molar-refractivity contribution in [2.75, 3.05) is 19.0 Å². The molecule has 0 bridgehead atoms. The monoisotopic (exact) mass is 372 g/mol. The van der Waals surface area contributed by atoms with Gasteiger partial charge in [-0.3, -0.25) is 14.7 Å². The van der Waals surface area contributed by atoms with Gasteiger partial charge in [-0.25, -0.2) is 0 Å². The van der Waals surface area contributed by atoms with Crippen LogP contribution in [0.3, 0.4) is 0 Å². The Morgan fingerprint density at radius 3 is 2.44 bits per heavy atom. The number of likely N-dealkylation sites (N-methyl/N-ethyl adjacent to an activating group) is 1. The number of ether oxygens (including phenoxy) is 1. The van der Waals surface area contributed by atoms with Crippen LogP contribution in [0.15, 0.2) is 30.3 Å². The third kappa shape index (κ3) is 6.13. The molecule has 1 heterocycles. The van der Waals surface area contributed by atoms with E-state index in [1.54, 1.807) is 43.1 Å². The molecule has 0 atom stereocenters. The summed E-state index contributed by atoms with van der Waals surface area (Å²) in [7, 11) is 1.73. The summed E-state index contributed by atoms with van der Waals surface area (Å²) < 4.78 is 5.54. The first-order chi connectivity index (χ1) is 12.7. The molecule has 0 radical (unpaired) electrons. The third-order valence-electron chi connectivity index (χ3n) is 4.05. The van der Waals surface area contributed by atoms with Crippen molar-refractivity contribution in [2.24, 2.45) is 0 Å². The molecule has 0 unspecified atom stereocenters. The molecule has 7 heteroatoms. The van der Waals surface area contributed by atoms with Gasteiger partial charge in [-0.1, -0.05) is 27.7 Å². The molecular weight excluding hydrogens is 344 g/mol. The van der Waals surface area contributed by atoms with Gasteiger partial charge >= 0.3 is 0 Å². The van der Waals surface area contributed by atoms with Crippen LogP contribution in [-0.2, 0) is 21.5 Å². The maximum atomic E-state index is 12.3. The van der Waals surface area contributed by atoms with Gasteiger partial charge in [0.05, 0.1) is 17.9 Å². The average Bonchev–Trinajstić information content (AvgIpc) is 3.09. The SMILES string of the molecule is CCC(=O)Nc1ccc(OCC(=O)N(C)Cc2cc(C(C)(C)C)n[nH]2)cc1. The fourth-order valence-corrected chi connectivity index (χ4v) is 2.31. The minimum Gasteiger partial charge on any atom is -0.484 e. The summed E-state index contributed by atoms with van der Waals surface area (Å²) >= 11 is 0. The Kier molecular flexibility index (Phi) is 6.60. The maximum Gasteiger partial charge on any atom is 0.260 e. The van der Waals surface area contributed by atoms with Gasteiger partial charge in [-0.15, -0.1) is 0 Å². The van der Waals surface area contributed by atoms with Gasteiger partial charge in [-0.05, 0) is 30.3 Å². The van der Waals surface area contributed by atoms with E-state index in [9.17, 15) is 9.59 Å². The number of benzene rings is 1. The summed E-state index contributed by atoms with van der Waals surface area (Å²) in [6.45, 7) is 8.45. The Labute approximate surface area is 160 Å². The minimum absolute atomic E-state index is 0.0385. The molecular formula is C20H28N4O3. The standard InChI is InChI=1S/C20H28N4O3/c1-6-18(25)21-14-7-9-16(10-8-14)27-13-19(26)24(5)12-15-11-17(23-22-15)20(2,3)4/h7-11H,6,12-13H2,1-5H3,(H,21,25)(H,22,23). The molecule has 0 saturated heterocycles. The van der Waals surface area contributed by atoms with Crippen molar-refractivity contribution < 1.29 is 14.3 Å². The van der Waals surface area contributed by atoms with Gasteiger partial charge in [0, 0.05) is 24.6 Å². The van der Waals surface area contributed by atoms with Crippen molar-refractivity contribution in [2.45, 2.75) is 46.1 Å². The Hall–Kier alpha value is -2.83. The number of aromatic nitrogens is 2. The van der Waals surface area contributed by atoms with Crippen molar-refractivity contribution in [1.82, 2.24) is 15.1 Å². The summed E-state index contributed by atoms with van der Waals surface area (Å²) in [6.07, 6.45) is 0.423. The number of carbonyl (C=O) groups is 2. The second-order valence-electron chi connectivity index (χ2n) is 7.49. The van der Waals surface area contributed by atoms with Crippen LogP contribution in [-0.4, -0.2) is 40.6 Å². The van der Waals surface area contributed by atoms with E-state index >= 15 is 0 Å². The van der Waals surface area contributed by atoms with E-state index < -0.39 is 0 Å². The van der Waals surface area contributed by atoms with Crippen LogP contribution in [0.4, 0.5) is 5.69 Å². The van der Waals surface area contributed by atoms with Crippen molar-refractivity contribution in [3.05, 3.63) is 41.7 Å². The van der Waals surface area contributed by atoms with E-state index in [1.807, 2.05) is 6.07 Å². The molecule has 2 aromatic rings. The Balaban J connectivity index is 1.84. The van der Waals surface area contributed by atoms with Crippen LogP contribution in [0, 0.1) is 0 Å². The predicted molar refractivity (Wildman–Crippen MR) is 105 cm³/mol. The first-order valence-electron chi connectivity index (χ1n) is 9.00. The Morgan fingerprint density at radius 1 is 1.22 bits per heavy atom. The van der Waals surface area contributed by atoms with E-state index in [-0.39, 0.29) is 23.8 Å². The van der Waals surface area contributed by atoms with E-state index in [1.165, 1.54) is 0 Å². The molecule has 0 aliphatic rings. The molecule has 27 heavy (non-hydrogen) atoms. The summed E-state index contributed by atoms with van der Waals surface area (Å²) in [5, 5.41) is 10.0. The predicted octanol–water partition coefficient (Wildman–Crippen LogP) is 3.09. The zero-order valence-electron chi connectivity index (χ0n) is 16.6. The smallest absolute Gasteiger partial charge is 0.260 e. The highest BCUT2D eigenvalue weighted by Crippen LogP contribution is 2.20. The van der Waals surface area contributed by atoms with Crippen LogP contribution in [0.25, 0.3) is 0 Å². The van der Waals surface area contributed by atoms with E-state index in [2.05, 4.69) is 36.3 Å². The highest BCUT2D eigenvalue weighted by Gasteiger charge is 2.18. The molecule has 0 fully saturated rings. The second kappa shape index (κ2) is 8.70. The van der Waals surface area contributed by atoms with Crippen LogP contribution in [0.1, 0.15) is 45.5 Å². The summed E-state index contributed by atoms with van der Waals surface area (Å²) in [6, 6.07) is 8.92. The number of amides is 2. The Morgan fingerprint density at radius 2 is 1.89 bits per heavy atom. The quantitative estimate of drug-likeness (QED) is 0.782.